The molecule has 0 aromatic carbocycles. The number of pyridine rings is 1. The van der Waals surface area contributed by atoms with E-state index >= 15 is 0 Å². The predicted molar refractivity (Wildman–Crippen MR) is 66.1 cm³/mol. The molecule has 2 heterocycles. The zero-order valence-corrected chi connectivity index (χ0v) is 10.5. The molecule has 0 spiro atoms. The molecule has 1 saturated heterocycles. The Morgan fingerprint density at radius 1 is 1.41 bits per heavy atom. The Kier molecular flexibility index (Phi) is 3.51. The number of rotatable bonds is 3. The summed E-state index contributed by atoms with van der Waals surface area (Å²) in [5.74, 6) is 1.06. The fraction of sp³-hybridized carbons (Fsp3) is 0.545. The normalized spacial score (nSPS) is 19.8. The van der Waals surface area contributed by atoms with Crippen LogP contribution in [0, 0.1) is 0 Å². The highest BCUT2D eigenvalue weighted by Crippen LogP contribution is 2.24. The van der Waals surface area contributed by atoms with Gasteiger partial charge < -0.3 is 10.1 Å². The van der Waals surface area contributed by atoms with E-state index in [1.54, 1.807) is 13.3 Å². The average Bonchev–Trinajstić information content (AvgIpc) is 2.32. The largest absolute Gasteiger partial charge is 0.480 e. The van der Waals surface area contributed by atoms with Crippen molar-refractivity contribution in [2.24, 2.45) is 0 Å². The van der Waals surface area contributed by atoms with Crippen molar-refractivity contribution < 1.29 is 13.2 Å². The molecule has 0 amide bonds. The Hall–Kier alpha value is -1.30. The molecule has 0 aliphatic carbocycles. The molecule has 0 atom stereocenters. The van der Waals surface area contributed by atoms with E-state index < -0.39 is 9.84 Å². The van der Waals surface area contributed by atoms with Crippen molar-refractivity contribution in [1.82, 2.24) is 4.98 Å². The summed E-state index contributed by atoms with van der Waals surface area (Å²) in [6, 6.07) is 3.89. The van der Waals surface area contributed by atoms with Gasteiger partial charge in [0.25, 0.3) is 0 Å². The van der Waals surface area contributed by atoms with Crippen LogP contribution < -0.4 is 10.1 Å². The Balaban J connectivity index is 2.02. The molecule has 94 valence electrons. The van der Waals surface area contributed by atoms with Gasteiger partial charge in [0.2, 0.25) is 5.88 Å². The lowest BCUT2D eigenvalue weighted by Crippen LogP contribution is -2.32. The van der Waals surface area contributed by atoms with Crippen LogP contribution in [0.4, 0.5) is 5.69 Å². The maximum Gasteiger partial charge on any atom is 0.237 e. The third-order valence-corrected chi connectivity index (χ3v) is 4.59. The molecule has 1 fully saturated rings. The summed E-state index contributed by atoms with van der Waals surface area (Å²) < 4.78 is 27.7. The number of sulfone groups is 1. The van der Waals surface area contributed by atoms with Crippen LogP contribution >= 0.6 is 0 Å². The van der Waals surface area contributed by atoms with Crippen molar-refractivity contribution >= 4 is 15.5 Å². The van der Waals surface area contributed by atoms with Gasteiger partial charge in [-0.25, -0.2) is 13.4 Å². The van der Waals surface area contributed by atoms with Crippen LogP contribution in [-0.2, 0) is 9.84 Å². The number of anilines is 1. The number of methoxy groups -OCH3 is 1. The monoisotopic (exact) mass is 256 g/mol. The van der Waals surface area contributed by atoms with E-state index in [4.69, 9.17) is 4.74 Å². The van der Waals surface area contributed by atoms with Crippen molar-refractivity contribution in [3.8, 4) is 5.88 Å². The zero-order valence-electron chi connectivity index (χ0n) is 9.72. The number of nitrogens with zero attached hydrogens (tertiary/aromatic N) is 1. The summed E-state index contributed by atoms with van der Waals surface area (Å²) in [4.78, 5) is 4.09. The summed E-state index contributed by atoms with van der Waals surface area (Å²) in [7, 11) is -1.24. The maximum atomic E-state index is 11.3. The number of hydrogen-bond donors (Lipinski definition) is 1. The van der Waals surface area contributed by atoms with Crippen LogP contribution in [0.1, 0.15) is 12.8 Å². The first-order valence-corrected chi connectivity index (χ1v) is 7.39. The van der Waals surface area contributed by atoms with Gasteiger partial charge in [0, 0.05) is 12.2 Å². The van der Waals surface area contributed by atoms with Gasteiger partial charge in [-0.1, -0.05) is 0 Å². The molecule has 0 unspecified atom stereocenters. The smallest absolute Gasteiger partial charge is 0.237 e. The fourth-order valence-corrected chi connectivity index (χ4v) is 3.41. The Labute approximate surface area is 101 Å². The van der Waals surface area contributed by atoms with E-state index in [2.05, 4.69) is 10.3 Å². The first kappa shape index (κ1) is 12.2. The van der Waals surface area contributed by atoms with E-state index in [0.29, 0.717) is 18.7 Å². The second kappa shape index (κ2) is 4.91. The summed E-state index contributed by atoms with van der Waals surface area (Å²) in [5, 5.41) is 3.29. The molecule has 2 rings (SSSR count). The third-order valence-electron chi connectivity index (χ3n) is 2.88. The van der Waals surface area contributed by atoms with Crippen molar-refractivity contribution in [2.45, 2.75) is 18.9 Å². The van der Waals surface area contributed by atoms with Gasteiger partial charge in [0.1, 0.15) is 9.84 Å². The van der Waals surface area contributed by atoms with Gasteiger partial charge in [-0.3, -0.25) is 0 Å². The molecule has 6 heteroatoms. The molecule has 0 bridgehead atoms. The van der Waals surface area contributed by atoms with Gasteiger partial charge in [-0.15, -0.1) is 0 Å². The van der Waals surface area contributed by atoms with Gasteiger partial charge >= 0.3 is 0 Å². The highest BCUT2D eigenvalue weighted by atomic mass is 32.2. The summed E-state index contributed by atoms with van der Waals surface area (Å²) in [5.41, 5.74) is 0.819. The number of nitrogens with one attached hydrogen (secondary N) is 1. The molecule has 1 aliphatic rings. The average molecular weight is 256 g/mol. The minimum absolute atomic E-state index is 0.177. The zero-order chi connectivity index (χ0) is 12.3. The first-order valence-electron chi connectivity index (χ1n) is 5.57. The van der Waals surface area contributed by atoms with Crippen LogP contribution in [0.25, 0.3) is 0 Å². The van der Waals surface area contributed by atoms with Crippen molar-refractivity contribution in [3.63, 3.8) is 0 Å². The molecule has 1 aliphatic heterocycles. The molecule has 5 nitrogen and oxygen atoms in total. The first-order chi connectivity index (χ1) is 8.11. The van der Waals surface area contributed by atoms with Gasteiger partial charge in [-0.05, 0) is 25.0 Å². The number of aromatic nitrogens is 1. The minimum atomic E-state index is -2.81. The standard InChI is InChI=1S/C11H16N2O3S/c1-16-11-10(3-2-6-12-11)13-9-4-7-17(14,15)8-5-9/h2-3,6,9,13H,4-5,7-8H2,1H3. The quantitative estimate of drug-likeness (QED) is 0.876. The van der Waals surface area contributed by atoms with Gasteiger partial charge in [-0.2, -0.15) is 0 Å². The topological polar surface area (TPSA) is 68.3 Å². The maximum absolute atomic E-state index is 11.3. The van der Waals surface area contributed by atoms with E-state index in [1.165, 1.54) is 0 Å². The Morgan fingerprint density at radius 3 is 2.76 bits per heavy atom. The SMILES string of the molecule is COc1ncccc1NC1CCS(=O)(=O)CC1. The number of hydrogen-bond acceptors (Lipinski definition) is 5. The second-order valence-electron chi connectivity index (χ2n) is 4.13. The van der Waals surface area contributed by atoms with Gasteiger partial charge in [0.15, 0.2) is 0 Å². The Morgan fingerprint density at radius 2 is 2.12 bits per heavy atom. The van der Waals surface area contributed by atoms with E-state index in [9.17, 15) is 8.42 Å². The van der Waals surface area contributed by atoms with Crippen molar-refractivity contribution in [1.29, 1.82) is 0 Å². The van der Waals surface area contributed by atoms with Crippen LogP contribution in [-0.4, -0.2) is 38.1 Å². The lowest BCUT2D eigenvalue weighted by atomic mass is 10.1. The summed E-state index contributed by atoms with van der Waals surface area (Å²) >= 11 is 0. The minimum Gasteiger partial charge on any atom is -0.480 e. The molecule has 0 saturated carbocycles. The Bertz CT molecular complexity index is 473. The fourth-order valence-electron chi connectivity index (χ4n) is 1.92. The molecule has 1 N–H and O–H groups in total. The summed E-state index contributed by atoms with van der Waals surface area (Å²) in [6.07, 6.45) is 2.94. The van der Waals surface area contributed by atoms with E-state index in [0.717, 1.165) is 5.69 Å². The highest BCUT2D eigenvalue weighted by Gasteiger charge is 2.24. The molecule has 1 aromatic heterocycles. The second-order valence-corrected chi connectivity index (χ2v) is 6.43. The third kappa shape index (κ3) is 3.09. The molecular weight excluding hydrogens is 240 g/mol. The van der Waals surface area contributed by atoms with Crippen molar-refractivity contribution in [3.05, 3.63) is 18.3 Å². The highest BCUT2D eigenvalue weighted by molar-refractivity contribution is 7.91. The van der Waals surface area contributed by atoms with E-state index in [1.807, 2.05) is 12.1 Å². The van der Waals surface area contributed by atoms with Crippen LogP contribution in [0.5, 0.6) is 5.88 Å². The van der Waals surface area contributed by atoms with Crippen LogP contribution in [0.3, 0.4) is 0 Å². The van der Waals surface area contributed by atoms with E-state index in [-0.39, 0.29) is 17.5 Å². The lowest BCUT2D eigenvalue weighted by Gasteiger charge is -2.24. The van der Waals surface area contributed by atoms with Crippen LogP contribution in [0.15, 0.2) is 18.3 Å². The summed E-state index contributed by atoms with van der Waals surface area (Å²) in [6.45, 7) is 0. The van der Waals surface area contributed by atoms with Gasteiger partial charge in [0.05, 0.1) is 24.3 Å². The van der Waals surface area contributed by atoms with Crippen LogP contribution in [0.2, 0.25) is 0 Å². The predicted octanol–water partition coefficient (Wildman–Crippen LogP) is 1.08. The molecule has 1 aromatic rings. The number of ether oxygens (including phenoxy) is 1. The lowest BCUT2D eigenvalue weighted by molar-refractivity contribution is 0.399. The molecular formula is C11H16N2O3S. The molecule has 17 heavy (non-hydrogen) atoms. The molecule has 0 radical (unpaired) electrons. The van der Waals surface area contributed by atoms with Crippen molar-refractivity contribution in [2.75, 3.05) is 23.9 Å².